The highest BCUT2D eigenvalue weighted by molar-refractivity contribution is 5.94. The van der Waals surface area contributed by atoms with Gasteiger partial charge >= 0.3 is 0 Å². The fourth-order valence-electron chi connectivity index (χ4n) is 3.27. The van der Waals surface area contributed by atoms with Crippen LogP contribution < -0.4 is 10.6 Å². The van der Waals surface area contributed by atoms with Crippen LogP contribution in [0.1, 0.15) is 45.1 Å². The molecular formula is C16H22N2O. The Hall–Kier alpha value is -1.51. The third-order valence-electron chi connectivity index (χ3n) is 4.34. The van der Waals surface area contributed by atoms with Gasteiger partial charge in [-0.15, -0.1) is 0 Å². The second kappa shape index (κ2) is 4.55. The Morgan fingerprint density at radius 3 is 2.89 bits per heavy atom. The maximum Gasteiger partial charge on any atom is 0.224 e. The van der Waals surface area contributed by atoms with Crippen molar-refractivity contribution in [1.82, 2.24) is 0 Å². The van der Waals surface area contributed by atoms with Crippen molar-refractivity contribution in [1.29, 1.82) is 0 Å². The number of aryl methyl sites for hydroxylation is 1. The summed E-state index contributed by atoms with van der Waals surface area (Å²) in [7, 11) is 0. The first-order valence-corrected chi connectivity index (χ1v) is 7.21. The lowest BCUT2D eigenvalue weighted by atomic mass is 9.92. The van der Waals surface area contributed by atoms with E-state index in [-0.39, 0.29) is 5.91 Å². The standard InChI is InChI=1S/C16H22N2O/c1-16(2)8-7-13(10-16)17-12-4-5-14-11(9-12)3-6-15(19)18-14/h4-5,9,13,17H,3,6-8,10H2,1-2H3,(H,18,19). The molecule has 1 aliphatic heterocycles. The maximum absolute atomic E-state index is 11.3. The average Bonchev–Trinajstić information content (AvgIpc) is 2.69. The Balaban J connectivity index is 1.71. The lowest BCUT2D eigenvalue weighted by Crippen LogP contribution is -2.20. The molecule has 1 aromatic carbocycles. The number of fused-ring (bicyclic) bond motifs is 1. The van der Waals surface area contributed by atoms with Gasteiger partial charge in [0.2, 0.25) is 5.91 Å². The van der Waals surface area contributed by atoms with Gasteiger partial charge in [0.25, 0.3) is 0 Å². The van der Waals surface area contributed by atoms with E-state index in [4.69, 9.17) is 0 Å². The predicted molar refractivity (Wildman–Crippen MR) is 78.4 cm³/mol. The number of amides is 1. The van der Waals surface area contributed by atoms with Gasteiger partial charge in [0.15, 0.2) is 0 Å². The summed E-state index contributed by atoms with van der Waals surface area (Å²) in [5.41, 5.74) is 3.90. The van der Waals surface area contributed by atoms with E-state index < -0.39 is 0 Å². The van der Waals surface area contributed by atoms with E-state index in [2.05, 4.69) is 36.6 Å². The largest absolute Gasteiger partial charge is 0.382 e. The van der Waals surface area contributed by atoms with Crippen molar-refractivity contribution >= 4 is 17.3 Å². The van der Waals surface area contributed by atoms with Gasteiger partial charge in [0.1, 0.15) is 0 Å². The number of benzene rings is 1. The predicted octanol–water partition coefficient (Wildman–Crippen LogP) is 3.56. The summed E-state index contributed by atoms with van der Waals surface area (Å²) in [5, 5.41) is 6.57. The van der Waals surface area contributed by atoms with Crippen LogP contribution in [-0.4, -0.2) is 11.9 Å². The number of carbonyl (C=O) groups is 1. The van der Waals surface area contributed by atoms with Gasteiger partial charge < -0.3 is 10.6 Å². The van der Waals surface area contributed by atoms with E-state index in [1.54, 1.807) is 0 Å². The summed E-state index contributed by atoms with van der Waals surface area (Å²) in [6.45, 7) is 4.69. The summed E-state index contributed by atoms with van der Waals surface area (Å²) in [6.07, 6.45) is 5.24. The first kappa shape index (κ1) is 12.5. The van der Waals surface area contributed by atoms with Gasteiger partial charge in [-0.05, 0) is 54.9 Å². The van der Waals surface area contributed by atoms with Gasteiger partial charge in [-0.2, -0.15) is 0 Å². The van der Waals surface area contributed by atoms with Crippen LogP contribution in [-0.2, 0) is 11.2 Å². The van der Waals surface area contributed by atoms with Gasteiger partial charge in [-0.25, -0.2) is 0 Å². The van der Waals surface area contributed by atoms with Crippen LogP contribution in [0.25, 0.3) is 0 Å². The van der Waals surface area contributed by atoms with E-state index in [0.717, 1.165) is 12.1 Å². The van der Waals surface area contributed by atoms with Crippen LogP contribution in [0.4, 0.5) is 11.4 Å². The number of hydrogen-bond donors (Lipinski definition) is 2. The number of nitrogens with one attached hydrogen (secondary N) is 2. The molecule has 3 heteroatoms. The average molecular weight is 258 g/mol. The minimum absolute atomic E-state index is 0.130. The molecular weight excluding hydrogens is 236 g/mol. The molecule has 102 valence electrons. The molecule has 1 unspecified atom stereocenters. The van der Waals surface area contributed by atoms with Crippen molar-refractivity contribution in [2.75, 3.05) is 10.6 Å². The van der Waals surface area contributed by atoms with Crippen LogP contribution in [0.2, 0.25) is 0 Å². The van der Waals surface area contributed by atoms with E-state index >= 15 is 0 Å². The molecule has 0 bridgehead atoms. The van der Waals surface area contributed by atoms with Gasteiger partial charge in [0, 0.05) is 23.8 Å². The van der Waals surface area contributed by atoms with Crippen LogP contribution in [0, 0.1) is 5.41 Å². The molecule has 1 aromatic rings. The van der Waals surface area contributed by atoms with Crippen LogP contribution >= 0.6 is 0 Å². The molecule has 2 aliphatic rings. The number of anilines is 2. The Kier molecular flexibility index (Phi) is 3.00. The zero-order chi connectivity index (χ0) is 13.5. The molecule has 1 atom stereocenters. The molecule has 0 radical (unpaired) electrons. The van der Waals surface area contributed by atoms with Gasteiger partial charge in [0.05, 0.1) is 0 Å². The molecule has 1 aliphatic carbocycles. The second-order valence-corrected chi connectivity index (χ2v) is 6.67. The molecule has 0 spiro atoms. The molecule has 0 saturated heterocycles. The minimum Gasteiger partial charge on any atom is -0.382 e. The normalized spacial score (nSPS) is 24.7. The Labute approximate surface area is 114 Å². The van der Waals surface area contributed by atoms with Gasteiger partial charge in [-0.1, -0.05) is 13.8 Å². The highest BCUT2D eigenvalue weighted by atomic mass is 16.1. The van der Waals surface area contributed by atoms with E-state index in [9.17, 15) is 4.79 Å². The summed E-state index contributed by atoms with van der Waals surface area (Å²) in [6, 6.07) is 6.89. The molecule has 2 N–H and O–H groups in total. The molecule has 3 nitrogen and oxygen atoms in total. The van der Waals surface area contributed by atoms with Crippen molar-refractivity contribution in [3.8, 4) is 0 Å². The molecule has 1 fully saturated rings. The number of hydrogen-bond acceptors (Lipinski definition) is 2. The van der Waals surface area contributed by atoms with E-state index in [1.807, 2.05) is 6.07 Å². The minimum atomic E-state index is 0.130. The highest BCUT2D eigenvalue weighted by Gasteiger charge is 2.30. The summed E-state index contributed by atoms with van der Waals surface area (Å²) < 4.78 is 0. The Morgan fingerprint density at radius 1 is 1.32 bits per heavy atom. The quantitative estimate of drug-likeness (QED) is 0.851. The highest BCUT2D eigenvalue weighted by Crippen LogP contribution is 2.38. The third kappa shape index (κ3) is 2.75. The maximum atomic E-state index is 11.3. The molecule has 19 heavy (non-hydrogen) atoms. The van der Waals surface area contributed by atoms with E-state index in [1.165, 1.54) is 30.5 Å². The van der Waals surface area contributed by atoms with Gasteiger partial charge in [-0.3, -0.25) is 4.79 Å². The van der Waals surface area contributed by atoms with Crippen molar-refractivity contribution in [3.63, 3.8) is 0 Å². The zero-order valence-corrected chi connectivity index (χ0v) is 11.8. The van der Waals surface area contributed by atoms with Crippen LogP contribution in [0.3, 0.4) is 0 Å². The molecule has 3 rings (SSSR count). The summed E-state index contributed by atoms with van der Waals surface area (Å²) in [5.74, 6) is 0.130. The fourth-order valence-corrected chi connectivity index (χ4v) is 3.27. The number of carbonyl (C=O) groups excluding carboxylic acids is 1. The lowest BCUT2D eigenvalue weighted by molar-refractivity contribution is -0.116. The van der Waals surface area contributed by atoms with Crippen LogP contribution in [0.5, 0.6) is 0 Å². The molecule has 1 amide bonds. The van der Waals surface area contributed by atoms with E-state index in [0.29, 0.717) is 17.9 Å². The summed E-state index contributed by atoms with van der Waals surface area (Å²) >= 11 is 0. The second-order valence-electron chi connectivity index (χ2n) is 6.67. The van der Waals surface area contributed by atoms with Crippen molar-refractivity contribution in [3.05, 3.63) is 23.8 Å². The molecule has 1 heterocycles. The number of rotatable bonds is 2. The summed E-state index contributed by atoms with van der Waals surface area (Å²) in [4.78, 5) is 11.3. The van der Waals surface area contributed by atoms with Crippen molar-refractivity contribution in [2.24, 2.45) is 5.41 Å². The van der Waals surface area contributed by atoms with Crippen molar-refractivity contribution in [2.45, 2.75) is 52.0 Å². The molecule has 0 aromatic heterocycles. The Morgan fingerprint density at radius 2 is 2.16 bits per heavy atom. The molecule has 1 saturated carbocycles. The topological polar surface area (TPSA) is 41.1 Å². The SMILES string of the molecule is CC1(C)CCC(Nc2ccc3c(c2)CCC(=O)N3)C1. The Bertz CT molecular complexity index is 507. The smallest absolute Gasteiger partial charge is 0.224 e. The fraction of sp³-hybridized carbons (Fsp3) is 0.562. The lowest BCUT2D eigenvalue weighted by Gasteiger charge is -2.21. The van der Waals surface area contributed by atoms with Crippen LogP contribution in [0.15, 0.2) is 18.2 Å². The monoisotopic (exact) mass is 258 g/mol. The third-order valence-corrected chi connectivity index (χ3v) is 4.34. The first-order chi connectivity index (χ1) is 9.02. The zero-order valence-electron chi connectivity index (χ0n) is 11.8. The van der Waals surface area contributed by atoms with Crippen molar-refractivity contribution < 1.29 is 4.79 Å². The first-order valence-electron chi connectivity index (χ1n) is 7.21.